The van der Waals surface area contributed by atoms with Gasteiger partial charge < -0.3 is 0 Å². The van der Waals surface area contributed by atoms with Gasteiger partial charge in [0, 0.05) is 21.5 Å². The molecule has 3 rings (SSSR count). The molecule has 1 aromatic heterocycles. The van der Waals surface area contributed by atoms with E-state index in [2.05, 4.69) is 17.6 Å². The molecule has 8 heteroatoms. The third-order valence-corrected chi connectivity index (χ3v) is 5.73. The first kappa shape index (κ1) is 17.1. The SMILES string of the molecule is Cc1csc(-c2ccc(-c3ccc(S(N)(=O)=O)c(F)c3)cc2S)n1. The van der Waals surface area contributed by atoms with Gasteiger partial charge in [0.05, 0.1) is 0 Å². The fraction of sp³-hybridized carbons (Fsp3) is 0.0625. The van der Waals surface area contributed by atoms with Crippen LogP contribution in [0.4, 0.5) is 4.39 Å². The summed E-state index contributed by atoms with van der Waals surface area (Å²) < 4.78 is 36.6. The number of halogens is 1. The summed E-state index contributed by atoms with van der Waals surface area (Å²) in [5.74, 6) is -0.879. The van der Waals surface area contributed by atoms with Gasteiger partial charge >= 0.3 is 0 Å². The molecular formula is C16H13FN2O2S3. The highest BCUT2D eigenvalue weighted by molar-refractivity contribution is 7.89. The molecule has 124 valence electrons. The van der Waals surface area contributed by atoms with E-state index in [1.54, 1.807) is 6.07 Å². The maximum absolute atomic E-state index is 14.0. The lowest BCUT2D eigenvalue weighted by molar-refractivity contribution is 0.568. The summed E-state index contributed by atoms with van der Waals surface area (Å²) in [4.78, 5) is 4.61. The van der Waals surface area contributed by atoms with Crippen LogP contribution < -0.4 is 5.14 Å². The summed E-state index contributed by atoms with van der Waals surface area (Å²) in [6, 6.07) is 9.30. The summed E-state index contributed by atoms with van der Waals surface area (Å²) in [5, 5.41) is 7.79. The highest BCUT2D eigenvalue weighted by Crippen LogP contribution is 2.33. The molecule has 0 aliphatic carbocycles. The summed E-state index contributed by atoms with van der Waals surface area (Å²) in [6.45, 7) is 1.92. The molecule has 1 heterocycles. The predicted molar refractivity (Wildman–Crippen MR) is 96.3 cm³/mol. The third kappa shape index (κ3) is 3.36. The van der Waals surface area contributed by atoms with Crippen LogP contribution in [0.25, 0.3) is 21.7 Å². The van der Waals surface area contributed by atoms with E-state index < -0.39 is 20.7 Å². The number of aromatic nitrogens is 1. The molecule has 0 aliphatic rings. The highest BCUT2D eigenvalue weighted by Gasteiger charge is 2.15. The molecule has 0 saturated carbocycles. The molecule has 2 aromatic carbocycles. The van der Waals surface area contributed by atoms with Crippen LogP contribution in [0.5, 0.6) is 0 Å². The molecule has 0 bridgehead atoms. The normalized spacial score (nSPS) is 11.7. The van der Waals surface area contributed by atoms with Gasteiger partial charge in [0.25, 0.3) is 0 Å². The molecule has 2 N–H and O–H groups in total. The number of sulfonamides is 1. The Morgan fingerprint density at radius 3 is 2.38 bits per heavy atom. The predicted octanol–water partition coefficient (Wildman–Crippen LogP) is 3.86. The molecule has 0 fully saturated rings. The number of benzene rings is 2. The Kier molecular flexibility index (Phi) is 4.48. The topological polar surface area (TPSA) is 73.1 Å². The van der Waals surface area contributed by atoms with E-state index >= 15 is 0 Å². The van der Waals surface area contributed by atoms with Crippen molar-refractivity contribution in [1.29, 1.82) is 0 Å². The van der Waals surface area contributed by atoms with Gasteiger partial charge in [0.2, 0.25) is 10.0 Å². The van der Waals surface area contributed by atoms with Crippen molar-refractivity contribution in [3.05, 3.63) is 53.3 Å². The maximum atomic E-state index is 14.0. The number of hydrogen-bond donors (Lipinski definition) is 2. The van der Waals surface area contributed by atoms with Crippen molar-refractivity contribution in [2.75, 3.05) is 0 Å². The Bertz CT molecular complexity index is 1030. The molecule has 0 saturated heterocycles. The van der Waals surface area contributed by atoms with Crippen LogP contribution in [0.2, 0.25) is 0 Å². The van der Waals surface area contributed by atoms with Gasteiger partial charge in [-0.05, 0) is 36.2 Å². The molecular weight excluding hydrogens is 367 g/mol. The molecule has 24 heavy (non-hydrogen) atoms. The highest BCUT2D eigenvalue weighted by atomic mass is 32.2. The average Bonchev–Trinajstić information content (AvgIpc) is 2.92. The van der Waals surface area contributed by atoms with E-state index in [0.29, 0.717) is 10.5 Å². The van der Waals surface area contributed by atoms with Gasteiger partial charge in [0.15, 0.2) is 0 Å². The largest absolute Gasteiger partial charge is 0.241 e. The molecule has 0 radical (unpaired) electrons. The van der Waals surface area contributed by atoms with Crippen molar-refractivity contribution in [2.45, 2.75) is 16.7 Å². The minimum absolute atomic E-state index is 0.521. The standard InChI is InChI=1S/C16H13FN2O2S3/c1-9-8-23-16(19-9)12-4-2-11(7-14(12)22)10-3-5-15(13(17)6-10)24(18,20)21/h2-8,22H,1H3,(H2,18,20,21). The van der Waals surface area contributed by atoms with Crippen LogP contribution in [0, 0.1) is 12.7 Å². The molecule has 4 nitrogen and oxygen atoms in total. The number of hydrogen-bond acceptors (Lipinski definition) is 5. The Labute approximate surface area is 148 Å². The lowest BCUT2D eigenvalue weighted by atomic mass is 10.0. The Morgan fingerprint density at radius 2 is 1.83 bits per heavy atom. The number of rotatable bonds is 3. The van der Waals surface area contributed by atoms with Crippen molar-refractivity contribution < 1.29 is 12.8 Å². The fourth-order valence-corrected chi connectivity index (χ4v) is 4.10. The van der Waals surface area contributed by atoms with E-state index in [1.165, 1.54) is 17.4 Å². The van der Waals surface area contributed by atoms with E-state index in [-0.39, 0.29) is 0 Å². The van der Waals surface area contributed by atoms with Gasteiger partial charge in [0.1, 0.15) is 15.7 Å². The van der Waals surface area contributed by atoms with Crippen molar-refractivity contribution in [3.63, 3.8) is 0 Å². The smallest absolute Gasteiger partial charge is 0.240 e. The zero-order chi connectivity index (χ0) is 17.5. The molecule has 3 aromatic rings. The van der Waals surface area contributed by atoms with Crippen molar-refractivity contribution in [2.24, 2.45) is 5.14 Å². The molecule has 0 spiro atoms. The van der Waals surface area contributed by atoms with Crippen LogP contribution >= 0.6 is 24.0 Å². The molecule has 0 atom stereocenters. The second kappa shape index (κ2) is 6.29. The Morgan fingerprint density at radius 1 is 1.17 bits per heavy atom. The zero-order valence-electron chi connectivity index (χ0n) is 12.5. The zero-order valence-corrected chi connectivity index (χ0v) is 15.1. The number of aryl methyl sites for hydroxylation is 1. The number of nitrogens with zero attached hydrogens (tertiary/aromatic N) is 1. The Balaban J connectivity index is 2.02. The number of nitrogens with two attached hydrogens (primary N) is 1. The minimum Gasteiger partial charge on any atom is -0.241 e. The summed E-state index contributed by atoms with van der Waals surface area (Å²) in [7, 11) is -4.08. The van der Waals surface area contributed by atoms with E-state index in [9.17, 15) is 12.8 Å². The first-order chi connectivity index (χ1) is 11.3. The number of thiazole rings is 1. The van der Waals surface area contributed by atoms with Crippen LogP contribution in [0.3, 0.4) is 0 Å². The fourth-order valence-electron chi connectivity index (χ4n) is 2.28. The summed E-state index contributed by atoms with van der Waals surface area (Å²) in [5.41, 5.74) is 3.09. The lowest BCUT2D eigenvalue weighted by Gasteiger charge is -2.08. The second-order valence-electron chi connectivity index (χ2n) is 5.22. The minimum atomic E-state index is -4.08. The van der Waals surface area contributed by atoms with Gasteiger partial charge in [-0.25, -0.2) is 22.9 Å². The monoisotopic (exact) mass is 380 g/mol. The molecule has 0 aliphatic heterocycles. The second-order valence-corrected chi connectivity index (χ2v) is 8.09. The van der Waals surface area contributed by atoms with Gasteiger partial charge in [-0.1, -0.05) is 18.2 Å². The van der Waals surface area contributed by atoms with Crippen molar-refractivity contribution in [3.8, 4) is 21.7 Å². The Hall–Kier alpha value is -1.74. The summed E-state index contributed by atoms with van der Waals surface area (Å²) in [6.07, 6.45) is 0. The van der Waals surface area contributed by atoms with Crippen LogP contribution in [-0.4, -0.2) is 13.4 Å². The van der Waals surface area contributed by atoms with Gasteiger partial charge in [-0.2, -0.15) is 0 Å². The average molecular weight is 380 g/mol. The quantitative estimate of drug-likeness (QED) is 0.678. The maximum Gasteiger partial charge on any atom is 0.240 e. The molecule has 0 amide bonds. The van der Waals surface area contributed by atoms with Crippen molar-refractivity contribution >= 4 is 34.0 Å². The number of primary sulfonamides is 1. The van der Waals surface area contributed by atoms with Crippen LogP contribution in [0.1, 0.15) is 5.69 Å². The van der Waals surface area contributed by atoms with Gasteiger partial charge in [-0.3, -0.25) is 0 Å². The summed E-state index contributed by atoms with van der Waals surface area (Å²) >= 11 is 6.01. The first-order valence-electron chi connectivity index (χ1n) is 6.84. The van der Waals surface area contributed by atoms with E-state index in [0.717, 1.165) is 34.0 Å². The van der Waals surface area contributed by atoms with Crippen molar-refractivity contribution in [1.82, 2.24) is 4.98 Å². The van der Waals surface area contributed by atoms with Crippen LogP contribution in [-0.2, 0) is 10.0 Å². The lowest BCUT2D eigenvalue weighted by Crippen LogP contribution is -2.13. The third-order valence-electron chi connectivity index (χ3n) is 3.42. The first-order valence-corrected chi connectivity index (χ1v) is 9.71. The van der Waals surface area contributed by atoms with E-state index in [1.807, 2.05) is 24.4 Å². The van der Waals surface area contributed by atoms with E-state index in [4.69, 9.17) is 5.14 Å². The van der Waals surface area contributed by atoms with Crippen LogP contribution in [0.15, 0.2) is 51.6 Å². The van der Waals surface area contributed by atoms with Gasteiger partial charge in [-0.15, -0.1) is 24.0 Å². The molecule has 0 unspecified atom stereocenters. The number of thiol groups is 1.